The Morgan fingerprint density at radius 3 is 2.38 bits per heavy atom. The van der Waals surface area contributed by atoms with Crippen molar-refractivity contribution in [3.8, 4) is 11.3 Å². The Balaban J connectivity index is 1.28. The summed E-state index contributed by atoms with van der Waals surface area (Å²) in [6.45, 7) is 3.80. The van der Waals surface area contributed by atoms with Gasteiger partial charge in [0.05, 0.1) is 0 Å². The second kappa shape index (κ2) is 8.88. The van der Waals surface area contributed by atoms with Crippen molar-refractivity contribution in [2.75, 3.05) is 36.8 Å². The number of amides is 3. The number of hydrogen-bond acceptors (Lipinski definition) is 4. The summed E-state index contributed by atoms with van der Waals surface area (Å²) in [4.78, 5) is 29.8. The lowest BCUT2D eigenvalue weighted by Crippen LogP contribution is -2.41. The molecule has 32 heavy (non-hydrogen) atoms. The molecule has 0 atom stereocenters. The van der Waals surface area contributed by atoms with Crippen LogP contribution in [0.5, 0.6) is 0 Å². The van der Waals surface area contributed by atoms with Crippen molar-refractivity contribution in [3.05, 3.63) is 72.5 Å². The summed E-state index contributed by atoms with van der Waals surface area (Å²) in [5, 5.41) is 5.63. The van der Waals surface area contributed by atoms with Gasteiger partial charge in [0.25, 0.3) is 5.91 Å². The Morgan fingerprint density at radius 2 is 1.56 bits per heavy atom. The molecule has 0 radical (unpaired) electrons. The number of fused-ring (bicyclic) bond motifs is 4. The molecule has 4 heterocycles. The van der Waals surface area contributed by atoms with Gasteiger partial charge in [-0.3, -0.25) is 4.79 Å². The molecule has 2 N–H and O–H groups in total. The first-order chi connectivity index (χ1) is 15.7. The van der Waals surface area contributed by atoms with Gasteiger partial charge in [-0.1, -0.05) is 30.3 Å². The highest BCUT2D eigenvalue weighted by molar-refractivity contribution is 6.00. The first kappa shape index (κ1) is 20.3. The molecular formula is C25H26N4O3. The lowest BCUT2D eigenvalue weighted by molar-refractivity contribution is 0.0653. The minimum absolute atomic E-state index is 0.0403. The molecular weight excluding hydrogens is 404 g/mol. The molecule has 6 rings (SSSR count). The predicted octanol–water partition coefficient (Wildman–Crippen LogP) is 4.51. The van der Waals surface area contributed by atoms with Crippen LogP contribution in [0.1, 0.15) is 23.4 Å². The fourth-order valence-electron chi connectivity index (χ4n) is 4.47. The minimum Gasteiger partial charge on any atom is -0.451 e. The molecule has 0 spiro atoms. The maximum atomic E-state index is 13.1. The van der Waals surface area contributed by atoms with Crippen molar-refractivity contribution in [1.82, 2.24) is 9.80 Å². The van der Waals surface area contributed by atoms with Gasteiger partial charge in [0.2, 0.25) is 0 Å². The van der Waals surface area contributed by atoms with Crippen LogP contribution in [0.4, 0.5) is 16.2 Å². The molecule has 164 valence electrons. The zero-order chi connectivity index (χ0) is 21.9. The number of benzene rings is 2. The molecule has 7 heteroatoms. The van der Waals surface area contributed by atoms with E-state index in [9.17, 15) is 9.59 Å². The van der Waals surface area contributed by atoms with Gasteiger partial charge in [0.1, 0.15) is 5.76 Å². The van der Waals surface area contributed by atoms with Gasteiger partial charge >= 0.3 is 6.03 Å². The average molecular weight is 431 g/mol. The van der Waals surface area contributed by atoms with Gasteiger partial charge in [-0.25, -0.2) is 4.79 Å². The van der Waals surface area contributed by atoms with Crippen LogP contribution < -0.4 is 10.6 Å². The van der Waals surface area contributed by atoms with Crippen LogP contribution in [0.15, 0.2) is 71.1 Å². The van der Waals surface area contributed by atoms with Gasteiger partial charge in [-0.15, -0.1) is 0 Å². The molecule has 3 aliphatic heterocycles. The molecule has 2 aromatic carbocycles. The van der Waals surface area contributed by atoms with E-state index in [2.05, 4.69) is 15.5 Å². The molecule has 2 bridgehead atoms. The number of nitrogens with one attached hydrogen (secondary N) is 2. The number of hydrogen-bond donors (Lipinski definition) is 2. The predicted molar refractivity (Wildman–Crippen MR) is 124 cm³/mol. The second-order valence-corrected chi connectivity index (χ2v) is 8.26. The highest BCUT2D eigenvalue weighted by atomic mass is 16.4. The van der Waals surface area contributed by atoms with E-state index in [1.165, 1.54) is 0 Å². The molecule has 0 saturated carbocycles. The molecule has 3 aromatic rings. The molecule has 1 aromatic heterocycles. The van der Waals surface area contributed by atoms with Crippen LogP contribution in [-0.4, -0.2) is 54.0 Å². The van der Waals surface area contributed by atoms with E-state index < -0.39 is 0 Å². The Labute approximate surface area is 187 Å². The van der Waals surface area contributed by atoms with Gasteiger partial charge < -0.3 is 24.9 Å². The molecule has 3 amide bonds. The number of furan rings is 1. The summed E-state index contributed by atoms with van der Waals surface area (Å²) in [6, 6.07) is 20.2. The smallest absolute Gasteiger partial charge is 0.323 e. The van der Waals surface area contributed by atoms with E-state index in [0.717, 1.165) is 44.6 Å². The SMILES string of the molecule is O=C(Nc1ccccc1)Nc1cccc(-c2ccc(C(=O)N3CCN4CCC3CC4)o2)c1. The van der Waals surface area contributed by atoms with E-state index in [4.69, 9.17) is 4.42 Å². The van der Waals surface area contributed by atoms with Crippen LogP contribution in [0.3, 0.4) is 0 Å². The maximum Gasteiger partial charge on any atom is 0.323 e. The van der Waals surface area contributed by atoms with Crippen LogP contribution >= 0.6 is 0 Å². The topological polar surface area (TPSA) is 77.8 Å². The fourth-order valence-corrected chi connectivity index (χ4v) is 4.47. The summed E-state index contributed by atoms with van der Waals surface area (Å²) in [7, 11) is 0. The summed E-state index contributed by atoms with van der Waals surface area (Å²) >= 11 is 0. The summed E-state index contributed by atoms with van der Waals surface area (Å²) in [5.41, 5.74) is 2.15. The standard InChI is InChI=1S/C25H26N4O3/c30-24(29-16-15-28-13-11-21(29)12-14-28)23-10-9-22(32-23)18-5-4-8-20(17-18)27-25(31)26-19-6-2-1-3-7-19/h1-10,17,21H,11-16H2,(H2,26,27,31). The van der Waals surface area contributed by atoms with Crippen LogP contribution in [0.25, 0.3) is 11.3 Å². The van der Waals surface area contributed by atoms with E-state index in [0.29, 0.717) is 28.9 Å². The van der Waals surface area contributed by atoms with Gasteiger partial charge in [0, 0.05) is 49.2 Å². The number of urea groups is 1. The Morgan fingerprint density at radius 1 is 0.812 bits per heavy atom. The highest BCUT2D eigenvalue weighted by Crippen LogP contribution is 2.28. The normalized spacial score (nSPS) is 19.9. The summed E-state index contributed by atoms with van der Waals surface area (Å²) in [6.07, 6.45) is 2.05. The molecule has 3 fully saturated rings. The molecule has 7 nitrogen and oxygen atoms in total. The third kappa shape index (κ3) is 4.38. The zero-order valence-corrected chi connectivity index (χ0v) is 17.8. The number of carbonyl (C=O) groups is 2. The number of nitrogens with zero attached hydrogens (tertiary/aromatic N) is 2. The van der Waals surface area contributed by atoms with Crippen molar-refractivity contribution >= 4 is 23.3 Å². The molecule has 3 saturated heterocycles. The third-order valence-electron chi connectivity index (χ3n) is 6.17. The quantitative estimate of drug-likeness (QED) is 0.638. The maximum absolute atomic E-state index is 13.1. The third-order valence-corrected chi connectivity index (χ3v) is 6.17. The van der Waals surface area contributed by atoms with Crippen molar-refractivity contribution < 1.29 is 14.0 Å². The fraction of sp³-hybridized carbons (Fsp3) is 0.280. The van der Waals surface area contributed by atoms with E-state index >= 15 is 0 Å². The van der Waals surface area contributed by atoms with E-state index in [-0.39, 0.29) is 11.9 Å². The van der Waals surface area contributed by atoms with Gasteiger partial charge in [-0.05, 0) is 49.2 Å². The van der Waals surface area contributed by atoms with Crippen LogP contribution in [-0.2, 0) is 0 Å². The lowest BCUT2D eigenvalue weighted by atomic mass is 10.1. The molecule has 0 unspecified atom stereocenters. The van der Waals surface area contributed by atoms with E-state index in [1.807, 2.05) is 65.6 Å². The Hall–Kier alpha value is -3.58. The van der Waals surface area contributed by atoms with Gasteiger partial charge in [-0.2, -0.15) is 0 Å². The van der Waals surface area contributed by atoms with Crippen molar-refractivity contribution in [3.63, 3.8) is 0 Å². The van der Waals surface area contributed by atoms with Crippen LogP contribution in [0.2, 0.25) is 0 Å². The van der Waals surface area contributed by atoms with Crippen LogP contribution in [0, 0.1) is 0 Å². The number of anilines is 2. The van der Waals surface area contributed by atoms with Crippen molar-refractivity contribution in [1.29, 1.82) is 0 Å². The Kier molecular flexibility index (Phi) is 5.64. The van der Waals surface area contributed by atoms with Crippen molar-refractivity contribution in [2.24, 2.45) is 0 Å². The largest absolute Gasteiger partial charge is 0.451 e. The first-order valence-electron chi connectivity index (χ1n) is 11.0. The lowest BCUT2D eigenvalue weighted by Gasteiger charge is -2.30. The zero-order valence-electron chi connectivity index (χ0n) is 17.8. The average Bonchev–Trinajstić information content (AvgIpc) is 3.12. The highest BCUT2D eigenvalue weighted by Gasteiger charge is 2.33. The summed E-state index contributed by atoms with van der Waals surface area (Å²) < 4.78 is 5.95. The Bertz CT molecular complexity index is 1100. The monoisotopic (exact) mass is 430 g/mol. The van der Waals surface area contributed by atoms with Gasteiger partial charge in [0.15, 0.2) is 5.76 Å². The van der Waals surface area contributed by atoms with E-state index in [1.54, 1.807) is 6.07 Å². The number of carbonyl (C=O) groups excluding carboxylic acids is 2. The number of piperidine rings is 1. The minimum atomic E-state index is -0.324. The van der Waals surface area contributed by atoms with Crippen molar-refractivity contribution in [2.45, 2.75) is 18.9 Å². The number of para-hydroxylation sites is 1. The second-order valence-electron chi connectivity index (χ2n) is 8.26. The number of rotatable bonds is 4. The summed E-state index contributed by atoms with van der Waals surface area (Å²) in [5.74, 6) is 0.922. The molecule has 3 aliphatic rings. The first-order valence-corrected chi connectivity index (χ1v) is 11.0. The molecule has 0 aliphatic carbocycles.